The minimum absolute atomic E-state index is 0.0367. The molecule has 2 heterocycles. The lowest BCUT2D eigenvalue weighted by Gasteiger charge is -2.08. The van der Waals surface area contributed by atoms with Gasteiger partial charge in [-0.2, -0.15) is 4.68 Å². The standard InChI is InChI=1S/C21H22N6OS/c1-14-7-8-15(2)19(11-14)27-21(24-25-26-27)29-13-20(28)22-10-9-16-12-23-18-6-4-3-5-17(16)18/h3-8,11-12,23H,9-10,13H2,1-2H3,(H,22,28). The van der Waals surface area contributed by atoms with Crippen molar-refractivity contribution in [2.24, 2.45) is 0 Å². The number of H-pyrrole nitrogens is 1. The molecule has 29 heavy (non-hydrogen) atoms. The van der Waals surface area contributed by atoms with Crippen molar-refractivity contribution in [3.63, 3.8) is 0 Å². The zero-order valence-corrected chi connectivity index (χ0v) is 17.2. The predicted molar refractivity (Wildman–Crippen MR) is 114 cm³/mol. The summed E-state index contributed by atoms with van der Waals surface area (Å²) >= 11 is 1.33. The first-order chi connectivity index (χ1) is 14.1. The highest BCUT2D eigenvalue weighted by atomic mass is 32.2. The number of benzene rings is 2. The van der Waals surface area contributed by atoms with Crippen molar-refractivity contribution in [1.29, 1.82) is 0 Å². The summed E-state index contributed by atoms with van der Waals surface area (Å²) in [4.78, 5) is 15.5. The first-order valence-corrected chi connectivity index (χ1v) is 10.4. The molecule has 4 rings (SSSR count). The fourth-order valence-corrected chi connectivity index (χ4v) is 3.94. The Morgan fingerprint density at radius 1 is 1.21 bits per heavy atom. The number of aromatic amines is 1. The van der Waals surface area contributed by atoms with Gasteiger partial charge in [-0.25, -0.2) is 0 Å². The van der Waals surface area contributed by atoms with E-state index in [2.05, 4.69) is 38.0 Å². The summed E-state index contributed by atoms with van der Waals surface area (Å²) in [6.07, 6.45) is 2.78. The van der Waals surface area contributed by atoms with Crippen LogP contribution >= 0.6 is 11.8 Å². The number of rotatable bonds is 7. The lowest BCUT2D eigenvalue weighted by molar-refractivity contribution is -0.118. The van der Waals surface area contributed by atoms with Crippen LogP contribution in [-0.2, 0) is 11.2 Å². The van der Waals surface area contributed by atoms with Crippen LogP contribution in [0, 0.1) is 13.8 Å². The van der Waals surface area contributed by atoms with E-state index in [4.69, 9.17) is 0 Å². The third-order valence-corrected chi connectivity index (χ3v) is 5.68. The topological polar surface area (TPSA) is 88.5 Å². The average molecular weight is 407 g/mol. The highest BCUT2D eigenvalue weighted by Crippen LogP contribution is 2.21. The molecule has 0 aliphatic rings. The molecule has 4 aromatic rings. The zero-order valence-electron chi connectivity index (χ0n) is 16.3. The van der Waals surface area contributed by atoms with Gasteiger partial charge in [-0.05, 0) is 59.5 Å². The molecular formula is C21H22N6OS. The van der Waals surface area contributed by atoms with Gasteiger partial charge in [0.1, 0.15) is 0 Å². The second kappa shape index (κ2) is 8.48. The van der Waals surface area contributed by atoms with Gasteiger partial charge < -0.3 is 10.3 Å². The second-order valence-electron chi connectivity index (χ2n) is 6.91. The van der Waals surface area contributed by atoms with Crippen molar-refractivity contribution >= 4 is 28.6 Å². The largest absolute Gasteiger partial charge is 0.361 e. The first-order valence-electron chi connectivity index (χ1n) is 9.42. The molecule has 1 amide bonds. The number of fused-ring (bicyclic) bond motifs is 1. The van der Waals surface area contributed by atoms with Crippen molar-refractivity contribution in [3.05, 3.63) is 65.4 Å². The Morgan fingerprint density at radius 3 is 2.97 bits per heavy atom. The highest BCUT2D eigenvalue weighted by Gasteiger charge is 2.13. The molecule has 0 aliphatic heterocycles. The maximum absolute atomic E-state index is 12.3. The van der Waals surface area contributed by atoms with Crippen LogP contribution in [0.4, 0.5) is 0 Å². The molecule has 0 bridgehead atoms. The van der Waals surface area contributed by atoms with E-state index >= 15 is 0 Å². The van der Waals surface area contributed by atoms with Gasteiger partial charge in [0.25, 0.3) is 0 Å². The SMILES string of the molecule is Cc1ccc(C)c(-n2nnnc2SCC(=O)NCCc2c[nH]c3ccccc23)c1. The summed E-state index contributed by atoms with van der Waals surface area (Å²) in [5, 5.41) is 16.7. The van der Waals surface area contributed by atoms with Gasteiger partial charge in [0, 0.05) is 23.6 Å². The molecule has 0 spiro atoms. The number of nitrogens with one attached hydrogen (secondary N) is 2. The Kier molecular flexibility index (Phi) is 5.62. The monoisotopic (exact) mass is 406 g/mol. The number of carbonyl (C=O) groups excluding carboxylic acids is 1. The van der Waals surface area contributed by atoms with Crippen molar-refractivity contribution < 1.29 is 4.79 Å². The number of para-hydroxylation sites is 1. The minimum Gasteiger partial charge on any atom is -0.361 e. The van der Waals surface area contributed by atoms with Gasteiger partial charge in [-0.3, -0.25) is 4.79 Å². The van der Waals surface area contributed by atoms with E-state index < -0.39 is 0 Å². The molecule has 8 heteroatoms. The number of tetrazole rings is 1. The number of hydrogen-bond acceptors (Lipinski definition) is 5. The molecule has 0 unspecified atom stereocenters. The summed E-state index contributed by atoms with van der Waals surface area (Å²) in [7, 11) is 0. The van der Waals surface area contributed by atoms with Crippen LogP contribution in [0.15, 0.2) is 53.8 Å². The Labute approximate surface area is 172 Å². The van der Waals surface area contributed by atoms with Gasteiger partial charge in [0.15, 0.2) is 0 Å². The summed E-state index contributed by atoms with van der Waals surface area (Å²) in [6.45, 7) is 4.63. The van der Waals surface area contributed by atoms with Crippen LogP contribution in [-0.4, -0.2) is 43.4 Å². The smallest absolute Gasteiger partial charge is 0.230 e. The maximum atomic E-state index is 12.3. The van der Waals surface area contributed by atoms with Gasteiger partial charge in [0.05, 0.1) is 11.4 Å². The number of amides is 1. The van der Waals surface area contributed by atoms with Crippen molar-refractivity contribution in [2.45, 2.75) is 25.4 Å². The highest BCUT2D eigenvalue weighted by molar-refractivity contribution is 7.99. The Bertz CT molecular complexity index is 1150. The van der Waals surface area contributed by atoms with E-state index in [1.807, 2.05) is 50.4 Å². The molecule has 2 N–H and O–H groups in total. The van der Waals surface area contributed by atoms with E-state index in [1.165, 1.54) is 22.7 Å². The van der Waals surface area contributed by atoms with Gasteiger partial charge in [-0.15, -0.1) is 5.10 Å². The lowest BCUT2D eigenvalue weighted by atomic mass is 10.1. The van der Waals surface area contributed by atoms with E-state index in [9.17, 15) is 4.79 Å². The third kappa shape index (κ3) is 4.32. The van der Waals surface area contributed by atoms with Gasteiger partial charge in [-0.1, -0.05) is 42.1 Å². The Balaban J connectivity index is 1.33. The number of thioether (sulfide) groups is 1. The average Bonchev–Trinajstić information content (AvgIpc) is 3.35. The van der Waals surface area contributed by atoms with Crippen molar-refractivity contribution in [2.75, 3.05) is 12.3 Å². The fourth-order valence-electron chi connectivity index (χ4n) is 3.22. The molecule has 0 saturated carbocycles. The van der Waals surface area contributed by atoms with E-state index in [0.29, 0.717) is 11.7 Å². The minimum atomic E-state index is -0.0367. The normalized spacial score (nSPS) is 11.1. The molecule has 7 nitrogen and oxygen atoms in total. The maximum Gasteiger partial charge on any atom is 0.230 e. The molecule has 0 saturated heterocycles. The van der Waals surface area contributed by atoms with E-state index in [-0.39, 0.29) is 11.7 Å². The molecule has 0 aliphatic carbocycles. The third-order valence-electron chi connectivity index (χ3n) is 4.76. The predicted octanol–water partition coefficient (Wildman–Crippen LogP) is 3.21. The van der Waals surface area contributed by atoms with Crippen LogP contribution in [0.5, 0.6) is 0 Å². The van der Waals surface area contributed by atoms with Crippen LogP contribution in [0.25, 0.3) is 16.6 Å². The number of carbonyl (C=O) groups is 1. The van der Waals surface area contributed by atoms with Crippen LogP contribution < -0.4 is 5.32 Å². The molecule has 2 aromatic heterocycles. The lowest BCUT2D eigenvalue weighted by Crippen LogP contribution is -2.27. The Morgan fingerprint density at radius 2 is 2.07 bits per heavy atom. The van der Waals surface area contributed by atoms with E-state index in [1.54, 1.807) is 4.68 Å². The van der Waals surface area contributed by atoms with Gasteiger partial charge in [0.2, 0.25) is 11.1 Å². The molecule has 0 fully saturated rings. The number of nitrogens with zero attached hydrogens (tertiary/aromatic N) is 4. The molecule has 0 atom stereocenters. The number of aromatic nitrogens is 5. The molecule has 148 valence electrons. The number of hydrogen-bond donors (Lipinski definition) is 2. The molecule has 0 radical (unpaired) electrons. The Hall–Kier alpha value is -3.13. The fraction of sp³-hybridized carbons (Fsp3) is 0.238. The summed E-state index contributed by atoms with van der Waals surface area (Å²) in [6, 6.07) is 14.3. The number of aryl methyl sites for hydroxylation is 2. The van der Waals surface area contributed by atoms with Crippen molar-refractivity contribution in [1.82, 2.24) is 30.5 Å². The van der Waals surface area contributed by atoms with E-state index in [0.717, 1.165) is 28.8 Å². The van der Waals surface area contributed by atoms with Crippen LogP contribution in [0.1, 0.15) is 16.7 Å². The summed E-state index contributed by atoms with van der Waals surface area (Å²) < 4.78 is 1.69. The van der Waals surface area contributed by atoms with Crippen molar-refractivity contribution in [3.8, 4) is 5.69 Å². The molecular weight excluding hydrogens is 384 g/mol. The summed E-state index contributed by atoms with van der Waals surface area (Å²) in [5.74, 6) is 0.226. The quantitative estimate of drug-likeness (QED) is 0.460. The van der Waals surface area contributed by atoms with Gasteiger partial charge >= 0.3 is 0 Å². The van der Waals surface area contributed by atoms with Crippen LogP contribution in [0.2, 0.25) is 0 Å². The first kappa shape index (κ1) is 19.2. The summed E-state index contributed by atoms with van der Waals surface area (Å²) in [5.41, 5.74) is 5.45. The molecule has 2 aromatic carbocycles. The second-order valence-corrected chi connectivity index (χ2v) is 7.85. The van der Waals surface area contributed by atoms with Crippen LogP contribution in [0.3, 0.4) is 0 Å². The zero-order chi connectivity index (χ0) is 20.2.